The Balaban J connectivity index is 1.85. The molecule has 0 aliphatic rings. The molecule has 98 valence electrons. The van der Waals surface area contributed by atoms with Gasteiger partial charge in [-0.05, 0) is 47.7 Å². The molecule has 0 amide bonds. The summed E-state index contributed by atoms with van der Waals surface area (Å²) in [7, 11) is 0. The van der Waals surface area contributed by atoms with E-state index < -0.39 is 0 Å². The Morgan fingerprint density at radius 2 is 2.32 bits per heavy atom. The summed E-state index contributed by atoms with van der Waals surface area (Å²) in [4.78, 5) is 5.58. The maximum absolute atomic E-state index is 5.96. The number of benzene rings is 1. The van der Waals surface area contributed by atoms with E-state index in [1.54, 1.807) is 11.3 Å². The molecule has 3 nitrogen and oxygen atoms in total. The molecule has 0 aliphatic carbocycles. The van der Waals surface area contributed by atoms with Gasteiger partial charge in [-0.1, -0.05) is 11.6 Å². The monoisotopic (exact) mass is 403 g/mol. The van der Waals surface area contributed by atoms with Crippen molar-refractivity contribution in [1.29, 1.82) is 0 Å². The lowest BCUT2D eigenvalue weighted by atomic mass is 10.3. The Morgan fingerprint density at radius 1 is 1.47 bits per heavy atom. The number of hydrogen-bond donors (Lipinski definition) is 1. The lowest BCUT2D eigenvalue weighted by Gasteiger charge is -2.09. The van der Waals surface area contributed by atoms with E-state index in [1.807, 2.05) is 25.1 Å². The molecular formula is C13H11ClIN3S. The summed E-state index contributed by atoms with van der Waals surface area (Å²) >= 11 is 9.90. The van der Waals surface area contributed by atoms with Crippen molar-refractivity contribution in [2.24, 2.45) is 0 Å². The predicted octanol–water partition coefficient (Wildman–Crippen LogP) is 4.57. The van der Waals surface area contributed by atoms with Gasteiger partial charge in [0.15, 0.2) is 4.96 Å². The SMILES string of the molecule is Cc1nc2sccn2c1CNc1ccc(Cl)cc1I. The van der Waals surface area contributed by atoms with Crippen molar-refractivity contribution < 1.29 is 0 Å². The summed E-state index contributed by atoms with van der Waals surface area (Å²) in [5, 5.41) is 6.26. The third kappa shape index (κ3) is 2.59. The van der Waals surface area contributed by atoms with Gasteiger partial charge in [-0.25, -0.2) is 4.98 Å². The number of nitrogens with zero attached hydrogens (tertiary/aromatic N) is 2. The number of aryl methyl sites for hydroxylation is 1. The topological polar surface area (TPSA) is 29.3 Å². The van der Waals surface area contributed by atoms with Gasteiger partial charge in [0.05, 0.1) is 17.9 Å². The van der Waals surface area contributed by atoms with Crippen LogP contribution in [0.15, 0.2) is 29.8 Å². The molecule has 0 saturated carbocycles. The maximum Gasteiger partial charge on any atom is 0.194 e. The fourth-order valence-corrected chi connectivity index (χ4v) is 3.81. The molecule has 1 N–H and O–H groups in total. The first-order valence-electron chi connectivity index (χ1n) is 5.75. The fourth-order valence-electron chi connectivity index (χ4n) is 1.97. The van der Waals surface area contributed by atoms with Gasteiger partial charge in [0.25, 0.3) is 0 Å². The number of halogens is 2. The van der Waals surface area contributed by atoms with E-state index in [1.165, 1.54) is 5.69 Å². The first-order chi connectivity index (χ1) is 9.15. The summed E-state index contributed by atoms with van der Waals surface area (Å²) in [6.45, 7) is 2.80. The van der Waals surface area contributed by atoms with Crippen molar-refractivity contribution >= 4 is 56.2 Å². The number of fused-ring (bicyclic) bond motifs is 1. The summed E-state index contributed by atoms with van der Waals surface area (Å²) < 4.78 is 3.25. The van der Waals surface area contributed by atoms with Gasteiger partial charge < -0.3 is 5.32 Å². The first kappa shape index (κ1) is 13.2. The second kappa shape index (κ2) is 5.30. The third-order valence-corrected chi connectivity index (χ3v) is 4.82. The van der Waals surface area contributed by atoms with Crippen molar-refractivity contribution in [3.63, 3.8) is 0 Å². The summed E-state index contributed by atoms with van der Waals surface area (Å²) in [6.07, 6.45) is 2.06. The van der Waals surface area contributed by atoms with Crippen LogP contribution in [-0.4, -0.2) is 9.38 Å². The second-order valence-electron chi connectivity index (χ2n) is 4.18. The van der Waals surface area contributed by atoms with Crippen molar-refractivity contribution in [3.8, 4) is 0 Å². The molecule has 0 bridgehead atoms. The van der Waals surface area contributed by atoms with E-state index in [0.29, 0.717) is 0 Å². The summed E-state index contributed by atoms with van der Waals surface area (Å²) in [5.41, 5.74) is 3.36. The number of hydrogen-bond acceptors (Lipinski definition) is 3. The van der Waals surface area contributed by atoms with Gasteiger partial charge in [0.2, 0.25) is 0 Å². The van der Waals surface area contributed by atoms with Gasteiger partial charge in [-0.2, -0.15) is 0 Å². The number of aromatic nitrogens is 2. The lowest BCUT2D eigenvalue weighted by molar-refractivity contribution is 0.993. The number of nitrogens with one attached hydrogen (secondary N) is 1. The van der Waals surface area contributed by atoms with Crippen LogP contribution in [0, 0.1) is 10.5 Å². The fraction of sp³-hybridized carbons (Fsp3) is 0.154. The van der Waals surface area contributed by atoms with Gasteiger partial charge in [0, 0.05) is 25.9 Å². The van der Waals surface area contributed by atoms with Crippen LogP contribution in [0.2, 0.25) is 5.02 Å². The smallest absolute Gasteiger partial charge is 0.194 e. The number of thiazole rings is 1. The highest BCUT2D eigenvalue weighted by Crippen LogP contribution is 2.24. The summed E-state index contributed by atoms with van der Waals surface area (Å²) in [6, 6.07) is 5.86. The molecule has 0 fully saturated rings. The average molecular weight is 404 g/mol. The van der Waals surface area contributed by atoms with Crippen LogP contribution in [0.5, 0.6) is 0 Å². The van der Waals surface area contributed by atoms with Crippen molar-refractivity contribution in [1.82, 2.24) is 9.38 Å². The molecule has 0 atom stereocenters. The van der Waals surface area contributed by atoms with Gasteiger partial charge in [-0.15, -0.1) is 11.3 Å². The van der Waals surface area contributed by atoms with Crippen molar-refractivity contribution in [2.75, 3.05) is 5.32 Å². The van der Waals surface area contributed by atoms with E-state index in [4.69, 9.17) is 11.6 Å². The van der Waals surface area contributed by atoms with Gasteiger partial charge >= 0.3 is 0 Å². The highest BCUT2D eigenvalue weighted by molar-refractivity contribution is 14.1. The zero-order valence-corrected chi connectivity index (χ0v) is 13.9. The molecule has 3 aromatic rings. The van der Waals surface area contributed by atoms with Gasteiger partial charge in [-0.3, -0.25) is 4.40 Å². The van der Waals surface area contributed by atoms with Gasteiger partial charge in [0.1, 0.15) is 0 Å². The first-order valence-corrected chi connectivity index (χ1v) is 8.09. The molecule has 2 aromatic heterocycles. The quantitative estimate of drug-likeness (QED) is 0.649. The van der Waals surface area contributed by atoms with E-state index in [9.17, 15) is 0 Å². The number of imidazole rings is 1. The standard InChI is InChI=1S/C13H11ClIN3S/c1-8-12(18-4-5-19-13(18)17-8)7-16-11-3-2-9(14)6-10(11)15/h2-6,16H,7H2,1H3. The molecule has 0 unspecified atom stereocenters. The molecule has 6 heteroatoms. The van der Waals surface area contributed by atoms with Crippen molar-refractivity contribution in [2.45, 2.75) is 13.5 Å². The molecule has 0 radical (unpaired) electrons. The number of rotatable bonds is 3. The molecule has 3 rings (SSSR count). The van der Waals surface area contributed by atoms with Crippen LogP contribution in [0.4, 0.5) is 5.69 Å². The second-order valence-corrected chi connectivity index (χ2v) is 6.65. The van der Waals surface area contributed by atoms with Crippen molar-refractivity contribution in [3.05, 3.63) is 49.8 Å². The molecule has 2 heterocycles. The average Bonchev–Trinajstić information content (AvgIpc) is 2.90. The Kier molecular flexibility index (Phi) is 3.68. The van der Waals surface area contributed by atoms with E-state index in [0.717, 1.165) is 31.5 Å². The highest BCUT2D eigenvalue weighted by Gasteiger charge is 2.09. The Hall–Kier alpha value is -0.790. The molecule has 0 spiro atoms. The number of anilines is 1. The Morgan fingerprint density at radius 3 is 3.11 bits per heavy atom. The zero-order valence-electron chi connectivity index (χ0n) is 10.2. The van der Waals surface area contributed by atoms with Crippen LogP contribution in [0.3, 0.4) is 0 Å². The largest absolute Gasteiger partial charge is 0.379 e. The Labute approximate surface area is 133 Å². The minimum absolute atomic E-state index is 0.751. The van der Waals surface area contributed by atoms with E-state index >= 15 is 0 Å². The molecule has 0 saturated heterocycles. The molecule has 19 heavy (non-hydrogen) atoms. The Bertz CT molecular complexity index is 735. The predicted molar refractivity (Wildman–Crippen MR) is 89.3 cm³/mol. The van der Waals surface area contributed by atoms with E-state index in [-0.39, 0.29) is 0 Å². The lowest BCUT2D eigenvalue weighted by Crippen LogP contribution is -2.04. The van der Waals surface area contributed by atoms with Crippen LogP contribution in [0.1, 0.15) is 11.4 Å². The van der Waals surface area contributed by atoms with Crippen LogP contribution < -0.4 is 5.32 Å². The summed E-state index contributed by atoms with van der Waals surface area (Å²) in [5.74, 6) is 0. The zero-order chi connectivity index (χ0) is 13.4. The van der Waals surface area contributed by atoms with Crippen LogP contribution in [-0.2, 0) is 6.54 Å². The molecule has 0 aliphatic heterocycles. The molecule has 1 aromatic carbocycles. The van der Waals surface area contributed by atoms with Crippen LogP contribution in [0.25, 0.3) is 4.96 Å². The van der Waals surface area contributed by atoms with E-state index in [2.05, 4.69) is 48.9 Å². The maximum atomic E-state index is 5.96. The van der Waals surface area contributed by atoms with Crippen LogP contribution >= 0.6 is 45.5 Å². The normalized spacial score (nSPS) is 11.1. The minimum atomic E-state index is 0.751. The highest BCUT2D eigenvalue weighted by atomic mass is 127. The third-order valence-electron chi connectivity index (χ3n) is 2.94. The minimum Gasteiger partial charge on any atom is -0.379 e. The molecular weight excluding hydrogens is 393 g/mol.